The summed E-state index contributed by atoms with van der Waals surface area (Å²) in [6, 6.07) is 9.85. The van der Waals surface area contributed by atoms with Gasteiger partial charge in [0.2, 0.25) is 0 Å². The van der Waals surface area contributed by atoms with Crippen LogP contribution < -0.4 is 10.5 Å². The van der Waals surface area contributed by atoms with Gasteiger partial charge in [0.05, 0.1) is 11.3 Å². The van der Waals surface area contributed by atoms with E-state index in [1.165, 1.54) is 12.1 Å². The van der Waals surface area contributed by atoms with Gasteiger partial charge in [0.1, 0.15) is 17.4 Å². The number of benzene rings is 1. The van der Waals surface area contributed by atoms with Crippen LogP contribution in [-0.4, -0.2) is 22.8 Å². The molecule has 2 heterocycles. The van der Waals surface area contributed by atoms with Crippen molar-refractivity contribution in [2.75, 3.05) is 18.0 Å². The molecule has 1 saturated heterocycles. The number of hydrogen-bond acceptors (Lipinski definition) is 4. The second kappa shape index (κ2) is 6.82. The molecule has 0 amide bonds. The predicted molar refractivity (Wildman–Crippen MR) is 99.9 cm³/mol. The highest BCUT2D eigenvalue weighted by Crippen LogP contribution is 2.35. The minimum absolute atomic E-state index is 0.172. The van der Waals surface area contributed by atoms with Crippen molar-refractivity contribution in [1.82, 2.24) is 4.57 Å². The van der Waals surface area contributed by atoms with Gasteiger partial charge >= 0.3 is 0 Å². The van der Waals surface area contributed by atoms with Crippen molar-refractivity contribution < 1.29 is 9.50 Å². The Morgan fingerprint density at radius 3 is 2.44 bits per heavy atom. The van der Waals surface area contributed by atoms with E-state index in [1.807, 2.05) is 11.0 Å². The number of halogens is 1. The average molecular weight is 367 g/mol. The second-order valence-electron chi connectivity index (χ2n) is 7.61. The quantitative estimate of drug-likeness (QED) is 0.902. The number of pyridine rings is 1. The number of anilines is 1. The van der Waals surface area contributed by atoms with Crippen LogP contribution in [0.4, 0.5) is 10.1 Å². The van der Waals surface area contributed by atoms with E-state index in [4.69, 9.17) is 0 Å². The Hall–Kier alpha value is -2.65. The monoisotopic (exact) mass is 367 g/mol. The molecule has 1 aromatic carbocycles. The van der Waals surface area contributed by atoms with E-state index in [1.54, 1.807) is 22.9 Å². The van der Waals surface area contributed by atoms with Gasteiger partial charge < -0.3 is 14.6 Å². The third-order valence-corrected chi connectivity index (χ3v) is 5.72. The highest BCUT2D eigenvalue weighted by molar-refractivity contribution is 5.58. The Bertz CT molecular complexity index is 933. The topological polar surface area (TPSA) is 69.3 Å². The molecule has 0 atom stereocenters. The van der Waals surface area contributed by atoms with E-state index >= 15 is 0 Å². The van der Waals surface area contributed by atoms with Crippen LogP contribution in [0.2, 0.25) is 0 Å². The lowest BCUT2D eigenvalue weighted by Crippen LogP contribution is -2.43. The van der Waals surface area contributed by atoms with Crippen LogP contribution in [0.25, 0.3) is 0 Å². The van der Waals surface area contributed by atoms with Crippen LogP contribution in [0.15, 0.2) is 41.3 Å². The largest absolute Gasteiger partial charge is 0.385 e. The Labute approximate surface area is 157 Å². The molecule has 0 spiro atoms. The van der Waals surface area contributed by atoms with Gasteiger partial charge in [-0.25, -0.2) is 4.39 Å². The Kier molecular flexibility index (Phi) is 4.48. The minimum atomic E-state index is -1.02. The van der Waals surface area contributed by atoms with E-state index in [2.05, 4.69) is 6.07 Å². The highest BCUT2D eigenvalue weighted by atomic mass is 19.1. The molecule has 0 radical (unpaired) electrons. The lowest BCUT2D eigenvalue weighted by molar-refractivity contribution is 0.0117. The molecular formula is C21H22FN3O2. The summed E-state index contributed by atoms with van der Waals surface area (Å²) >= 11 is 0. The third-order valence-electron chi connectivity index (χ3n) is 5.72. The molecule has 2 fully saturated rings. The van der Waals surface area contributed by atoms with Gasteiger partial charge in [-0.1, -0.05) is 12.1 Å². The van der Waals surface area contributed by atoms with Crippen molar-refractivity contribution in [3.63, 3.8) is 0 Å². The first-order chi connectivity index (χ1) is 13.0. The number of nitriles is 1. The van der Waals surface area contributed by atoms with Gasteiger partial charge in [0.25, 0.3) is 5.56 Å². The van der Waals surface area contributed by atoms with Gasteiger partial charge in [0.15, 0.2) is 0 Å². The second-order valence-corrected chi connectivity index (χ2v) is 7.61. The highest BCUT2D eigenvalue weighted by Gasteiger charge is 2.35. The Morgan fingerprint density at radius 2 is 1.85 bits per heavy atom. The van der Waals surface area contributed by atoms with Gasteiger partial charge in [-0.15, -0.1) is 0 Å². The maximum atomic E-state index is 13.1. The normalized spacial score (nSPS) is 18.9. The van der Waals surface area contributed by atoms with E-state index < -0.39 is 5.60 Å². The number of piperidine rings is 1. The first kappa shape index (κ1) is 17.7. The van der Waals surface area contributed by atoms with Crippen LogP contribution in [0.3, 0.4) is 0 Å². The predicted octanol–water partition coefficient (Wildman–Crippen LogP) is 2.76. The molecule has 0 bridgehead atoms. The first-order valence-corrected chi connectivity index (χ1v) is 9.37. The van der Waals surface area contributed by atoms with Crippen molar-refractivity contribution in [3.05, 3.63) is 63.8 Å². The zero-order chi connectivity index (χ0) is 19.0. The summed E-state index contributed by atoms with van der Waals surface area (Å²) in [5.41, 5.74) is 0.254. The fourth-order valence-electron chi connectivity index (χ4n) is 3.82. The Balaban J connectivity index is 1.54. The first-order valence-electron chi connectivity index (χ1n) is 9.37. The molecule has 1 saturated carbocycles. The summed E-state index contributed by atoms with van der Waals surface area (Å²) in [7, 11) is 0. The number of aliphatic hydroxyl groups is 1. The van der Waals surface area contributed by atoms with Crippen LogP contribution in [0, 0.1) is 23.1 Å². The molecule has 1 aliphatic heterocycles. The standard InChI is InChI=1S/C21H22FN3O2/c22-17-5-3-16(4-6-17)21(27)8-11-24(12-9-21)19-7-10-25(14-15-1-2-15)20(26)18(19)13-23/h3-7,10,15,27H,1-2,8-9,11-12,14H2. The van der Waals surface area contributed by atoms with Crippen LogP contribution in [0.1, 0.15) is 36.8 Å². The van der Waals surface area contributed by atoms with E-state index in [-0.39, 0.29) is 16.9 Å². The lowest BCUT2D eigenvalue weighted by atomic mass is 9.84. The third kappa shape index (κ3) is 3.47. The Morgan fingerprint density at radius 1 is 1.19 bits per heavy atom. The van der Waals surface area contributed by atoms with E-state index in [9.17, 15) is 19.6 Å². The summed E-state index contributed by atoms with van der Waals surface area (Å²) in [5, 5.41) is 20.5. The summed E-state index contributed by atoms with van der Waals surface area (Å²) in [6.07, 6.45) is 4.97. The van der Waals surface area contributed by atoms with Crippen LogP contribution >= 0.6 is 0 Å². The van der Waals surface area contributed by atoms with Crippen molar-refractivity contribution in [3.8, 4) is 6.07 Å². The van der Waals surface area contributed by atoms with Crippen molar-refractivity contribution in [2.24, 2.45) is 5.92 Å². The molecule has 4 rings (SSSR count). The zero-order valence-corrected chi connectivity index (χ0v) is 15.1. The maximum Gasteiger partial charge on any atom is 0.270 e. The molecule has 2 aromatic rings. The van der Waals surface area contributed by atoms with Gasteiger partial charge in [-0.05, 0) is 55.4 Å². The summed E-state index contributed by atoms with van der Waals surface area (Å²) < 4.78 is 14.8. The van der Waals surface area contributed by atoms with Crippen LogP contribution in [-0.2, 0) is 12.1 Å². The van der Waals surface area contributed by atoms with Gasteiger partial charge in [-0.2, -0.15) is 5.26 Å². The molecule has 2 aliphatic rings. The fraction of sp³-hybridized carbons (Fsp3) is 0.429. The number of nitrogens with zero attached hydrogens (tertiary/aromatic N) is 3. The summed E-state index contributed by atoms with van der Waals surface area (Å²) in [4.78, 5) is 14.6. The molecule has 0 unspecified atom stereocenters. The number of rotatable bonds is 4. The molecule has 140 valence electrons. The molecule has 1 N–H and O–H groups in total. The number of aromatic nitrogens is 1. The smallest absolute Gasteiger partial charge is 0.270 e. The molecule has 1 aliphatic carbocycles. The van der Waals surface area contributed by atoms with E-state index in [0.717, 1.165) is 12.8 Å². The lowest BCUT2D eigenvalue weighted by Gasteiger charge is -2.39. The average Bonchev–Trinajstić information content (AvgIpc) is 3.48. The SMILES string of the molecule is N#Cc1c(N2CCC(O)(c3ccc(F)cc3)CC2)ccn(CC2CC2)c1=O. The van der Waals surface area contributed by atoms with Gasteiger partial charge in [0, 0.05) is 25.8 Å². The minimum Gasteiger partial charge on any atom is -0.385 e. The van der Waals surface area contributed by atoms with Crippen LogP contribution in [0.5, 0.6) is 0 Å². The zero-order valence-electron chi connectivity index (χ0n) is 15.1. The van der Waals surface area contributed by atoms with Gasteiger partial charge in [-0.3, -0.25) is 4.79 Å². The van der Waals surface area contributed by atoms with E-state index in [0.29, 0.717) is 49.6 Å². The molecule has 27 heavy (non-hydrogen) atoms. The summed E-state index contributed by atoms with van der Waals surface area (Å²) in [6.45, 7) is 1.72. The molecule has 1 aromatic heterocycles. The van der Waals surface area contributed by atoms with Crippen molar-refractivity contribution in [1.29, 1.82) is 5.26 Å². The molecular weight excluding hydrogens is 345 g/mol. The fourth-order valence-corrected chi connectivity index (χ4v) is 3.82. The van der Waals surface area contributed by atoms with Crippen molar-refractivity contribution >= 4 is 5.69 Å². The van der Waals surface area contributed by atoms with Crippen molar-refractivity contribution in [2.45, 2.75) is 37.8 Å². The molecule has 6 heteroatoms. The number of hydrogen-bond donors (Lipinski definition) is 1. The summed E-state index contributed by atoms with van der Waals surface area (Å²) in [5.74, 6) is 0.228. The maximum absolute atomic E-state index is 13.1. The molecule has 5 nitrogen and oxygen atoms in total.